The summed E-state index contributed by atoms with van der Waals surface area (Å²) in [4.78, 5) is 26.7. The molecular formula is C22H25NO4. The van der Waals surface area contributed by atoms with Gasteiger partial charge in [-0.05, 0) is 47.2 Å². The Labute approximate surface area is 159 Å². The van der Waals surface area contributed by atoms with E-state index >= 15 is 0 Å². The number of hydrogen-bond acceptors (Lipinski definition) is 4. The molecule has 2 aromatic carbocycles. The van der Waals surface area contributed by atoms with E-state index < -0.39 is 17.9 Å². The maximum absolute atomic E-state index is 12.8. The summed E-state index contributed by atoms with van der Waals surface area (Å²) in [5.41, 5.74) is 2.77. The smallest absolute Gasteiger partial charge is 0.329 e. The number of amides is 1. The number of hydrogen-bond donors (Lipinski definition) is 1. The van der Waals surface area contributed by atoms with Crippen molar-refractivity contribution in [2.24, 2.45) is 5.92 Å². The van der Waals surface area contributed by atoms with Gasteiger partial charge in [0.05, 0.1) is 13.0 Å². The fourth-order valence-electron chi connectivity index (χ4n) is 3.43. The van der Waals surface area contributed by atoms with Crippen molar-refractivity contribution in [3.05, 3.63) is 59.7 Å². The third-order valence-corrected chi connectivity index (χ3v) is 5.06. The molecule has 1 N–H and O–H groups in total. The van der Waals surface area contributed by atoms with Crippen molar-refractivity contribution in [1.82, 2.24) is 0 Å². The number of rotatable bonds is 4. The van der Waals surface area contributed by atoms with Crippen LogP contribution in [0.25, 0.3) is 0 Å². The number of methoxy groups -OCH3 is 1. The van der Waals surface area contributed by atoms with E-state index in [2.05, 4.69) is 20.8 Å². The Balaban J connectivity index is 1.84. The lowest BCUT2D eigenvalue weighted by Crippen LogP contribution is -2.65. The van der Waals surface area contributed by atoms with Crippen molar-refractivity contribution in [1.29, 1.82) is 0 Å². The third-order valence-electron chi connectivity index (χ3n) is 5.06. The predicted molar refractivity (Wildman–Crippen MR) is 104 cm³/mol. The number of β-lactam (4-membered cyclic amide) rings is 1. The molecule has 1 amide bonds. The van der Waals surface area contributed by atoms with Crippen LogP contribution in [0, 0.1) is 5.92 Å². The quantitative estimate of drug-likeness (QED) is 0.664. The van der Waals surface area contributed by atoms with Crippen LogP contribution in [0.1, 0.15) is 31.9 Å². The van der Waals surface area contributed by atoms with Gasteiger partial charge in [-0.25, -0.2) is 4.79 Å². The van der Waals surface area contributed by atoms with Gasteiger partial charge >= 0.3 is 5.97 Å². The summed E-state index contributed by atoms with van der Waals surface area (Å²) in [5.74, 6) is -0.812. The summed E-state index contributed by atoms with van der Waals surface area (Å²) in [7, 11) is 1.34. The highest BCUT2D eigenvalue weighted by molar-refractivity contribution is 6.10. The van der Waals surface area contributed by atoms with E-state index in [0.29, 0.717) is 12.1 Å². The molecule has 27 heavy (non-hydrogen) atoms. The highest BCUT2D eigenvalue weighted by Gasteiger charge is 2.52. The standard InChI is InChI=1S/C22H25NO4/c1-22(2,3)15-7-9-16(10-8-15)23-19(21(26)27-4)18(20(23)25)13-14-5-11-17(24)12-6-14/h5-12,18-19,24H,13H2,1-4H3/t18-,19-/m0/s1. The molecule has 0 aliphatic carbocycles. The summed E-state index contributed by atoms with van der Waals surface area (Å²) in [5, 5.41) is 9.41. The first-order valence-corrected chi connectivity index (χ1v) is 9.01. The second kappa shape index (κ2) is 7.06. The first kappa shape index (κ1) is 19.0. The zero-order valence-electron chi connectivity index (χ0n) is 16.1. The monoisotopic (exact) mass is 367 g/mol. The van der Waals surface area contributed by atoms with Crippen molar-refractivity contribution < 1.29 is 19.4 Å². The number of ether oxygens (including phenoxy) is 1. The molecule has 0 spiro atoms. The molecule has 2 atom stereocenters. The molecule has 5 nitrogen and oxygen atoms in total. The maximum Gasteiger partial charge on any atom is 0.329 e. The van der Waals surface area contributed by atoms with Crippen LogP contribution < -0.4 is 4.90 Å². The number of carbonyl (C=O) groups excluding carboxylic acids is 2. The number of benzene rings is 2. The van der Waals surface area contributed by atoms with Crippen LogP contribution in [0.15, 0.2) is 48.5 Å². The van der Waals surface area contributed by atoms with Crippen molar-refractivity contribution in [2.45, 2.75) is 38.6 Å². The van der Waals surface area contributed by atoms with E-state index in [1.54, 1.807) is 24.3 Å². The van der Waals surface area contributed by atoms with Crippen LogP contribution in [-0.2, 0) is 26.2 Å². The molecule has 2 aromatic rings. The van der Waals surface area contributed by atoms with Crippen molar-refractivity contribution in [3.8, 4) is 5.75 Å². The van der Waals surface area contributed by atoms with E-state index in [9.17, 15) is 14.7 Å². The zero-order valence-corrected chi connectivity index (χ0v) is 16.1. The Morgan fingerprint density at radius 1 is 1.07 bits per heavy atom. The van der Waals surface area contributed by atoms with Gasteiger partial charge in [0.25, 0.3) is 0 Å². The Morgan fingerprint density at radius 3 is 2.19 bits per heavy atom. The highest BCUT2D eigenvalue weighted by Crippen LogP contribution is 2.36. The van der Waals surface area contributed by atoms with Crippen LogP contribution in [0.2, 0.25) is 0 Å². The first-order valence-electron chi connectivity index (χ1n) is 9.01. The van der Waals surface area contributed by atoms with Crippen LogP contribution in [0.4, 0.5) is 5.69 Å². The lowest BCUT2D eigenvalue weighted by Gasteiger charge is -2.45. The van der Waals surface area contributed by atoms with E-state index in [1.807, 2.05) is 24.3 Å². The normalized spacial score (nSPS) is 19.6. The van der Waals surface area contributed by atoms with Gasteiger partial charge in [0.15, 0.2) is 0 Å². The van der Waals surface area contributed by atoms with Gasteiger partial charge in [0.2, 0.25) is 5.91 Å². The number of esters is 1. The van der Waals surface area contributed by atoms with Gasteiger partial charge in [-0.2, -0.15) is 0 Å². The second-order valence-corrected chi connectivity index (χ2v) is 7.95. The van der Waals surface area contributed by atoms with Crippen LogP contribution in [0.5, 0.6) is 5.75 Å². The largest absolute Gasteiger partial charge is 0.508 e. The minimum Gasteiger partial charge on any atom is -0.508 e. The molecule has 1 aliphatic heterocycles. The number of aromatic hydroxyl groups is 1. The number of carbonyl (C=O) groups is 2. The van der Waals surface area contributed by atoms with Gasteiger partial charge in [-0.1, -0.05) is 45.0 Å². The fraction of sp³-hybridized carbons (Fsp3) is 0.364. The van der Waals surface area contributed by atoms with Crippen molar-refractivity contribution in [3.63, 3.8) is 0 Å². The summed E-state index contributed by atoms with van der Waals surface area (Å²) < 4.78 is 4.95. The van der Waals surface area contributed by atoms with Gasteiger partial charge in [0.1, 0.15) is 11.8 Å². The molecule has 5 heteroatoms. The Hall–Kier alpha value is -2.82. The minimum atomic E-state index is -0.642. The first-order chi connectivity index (χ1) is 12.7. The molecule has 0 saturated carbocycles. The average molecular weight is 367 g/mol. The summed E-state index contributed by atoms with van der Waals surface area (Å²) in [6, 6.07) is 13.8. The lowest BCUT2D eigenvalue weighted by molar-refractivity contribution is -0.152. The highest BCUT2D eigenvalue weighted by atomic mass is 16.5. The van der Waals surface area contributed by atoms with Gasteiger partial charge in [0, 0.05) is 5.69 Å². The lowest BCUT2D eigenvalue weighted by atomic mass is 9.81. The molecule has 0 bridgehead atoms. The molecule has 1 heterocycles. The van der Waals surface area contributed by atoms with E-state index in [1.165, 1.54) is 12.0 Å². The third kappa shape index (κ3) is 3.68. The van der Waals surface area contributed by atoms with E-state index in [4.69, 9.17) is 4.74 Å². The van der Waals surface area contributed by atoms with E-state index in [-0.39, 0.29) is 17.1 Å². The van der Waals surface area contributed by atoms with E-state index in [0.717, 1.165) is 11.1 Å². The fourth-order valence-corrected chi connectivity index (χ4v) is 3.43. The Bertz CT molecular complexity index is 834. The summed E-state index contributed by atoms with van der Waals surface area (Å²) in [6.07, 6.45) is 0.426. The number of nitrogens with zero attached hydrogens (tertiary/aromatic N) is 1. The number of phenols is 1. The van der Waals surface area contributed by atoms with Crippen LogP contribution in [-0.4, -0.2) is 30.1 Å². The van der Waals surface area contributed by atoms with Crippen LogP contribution >= 0.6 is 0 Å². The molecule has 1 aliphatic rings. The molecule has 1 fully saturated rings. The van der Waals surface area contributed by atoms with Gasteiger partial charge in [-0.15, -0.1) is 0 Å². The molecule has 0 aromatic heterocycles. The molecule has 0 radical (unpaired) electrons. The average Bonchev–Trinajstić information content (AvgIpc) is 2.64. The Morgan fingerprint density at radius 2 is 1.67 bits per heavy atom. The van der Waals surface area contributed by atoms with Gasteiger partial charge < -0.3 is 9.84 Å². The molecule has 142 valence electrons. The summed E-state index contributed by atoms with van der Waals surface area (Å²) >= 11 is 0. The molecule has 3 rings (SSSR count). The number of anilines is 1. The molecular weight excluding hydrogens is 342 g/mol. The Kier molecular flexibility index (Phi) is 4.96. The summed E-state index contributed by atoms with van der Waals surface area (Å²) in [6.45, 7) is 6.38. The van der Waals surface area contributed by atoms with Gasteiger partial charge in [-0.3, -0.25) is 9.69 Å². The predicted octanol–water partition coefficient (Wildman–Crippen LogP) is 3.44. The minimum absolute atomic E-state index is 0.0145. The zero-order chi connectivity index (χ0) is 19.8. The van der Waals surface area contributed by atoms with Crippen LogP contribution in [0.3, 0.4) is 0 Å². The van der Waals surface area contributed by atoms with Crippen molar-refractivity contribution in [2.75, 3.05) is 12.0 Å². The number of phenolic OH excluding ortho intramolecular Hbond substituents is 1. The molecule has 0 unspecified atom stereocenters. The maximum atomic E-state index is 12.8. The second-order valence-electron chi connectivity index (χ2n) is 7.95. The topological polar surface area (TPSA) is 66.8 Å². The SMILES string of the molecule is COC(=O)[C@@H]1[C@H](Cc2ccc(O)cc2)C(=O)N1c1ccc(C(C)(C)C)cc1. The van der Waals surface area contributed by atoms with Crippen molar-refractivity contribution >= 4 is 17.6 Å². The molecule has 1 saturated heterocycles.